The number of rotatable bonds is 3. The first-order chi connectivity index (χ1) is 11.7. The molecule has 1 atom stereocenters. The fourth-order valence-corrected chi connectivity index (χ4v) is 3.42. The van der Waals surface area contributed by atoms with Crippen molar-refractivity contribution in [3.05, 3.63) is 65.4 Å². The highest BCUT2D eigenvalue weighted by Gasteiger charge is 2.21. The predicted octanol–water partition coefficient (Wildman–Crippen LogP) is 3.46. The molecule has 0 saturated carbocycles. The molecule has 4 rings (SSSR count). The van der Waals surface area contributed by atoms with Crippen molar-refractivity contribution in [2.45, 2.75) is 13.3 Å². The maximum Gasteiger partial charge on any atom is 0.253 e. The lowest BCUT2D eigenvalue weighted by molar-refractivity contribution is 0.0940. The molecule has 0 radical (unpaired) electrons. The van der Waals surface area contributed by atoms with Crippen LogP contribution in [0.4, 0.5) is 0 Å². The van der Waals surface area contributed by atoms with E-state index < -0.39 is 0 Å². The zero-order valence-corrected chi connectivity index (χ0v) is 13.6. The van der Waals surface area contributed by atoms with Gasteiger partial charge in [-0.1, -0.05) is 36.4 Å². The van der Waals surface area contributed by atoms with Crippen LogP contribution in [0, 0.1) is 12.8 Å². The lowest BCUT2D eigenvalue weighted by Gasteiger charge is -2.25. The van der Waals surface area contributed by atoms with Gasteiger partial charge >= 0.3 is 0 Å². The van der Waals surface area contributed by atoms with Crippen molar-refractivity contribution in [3.63, 3.8) is 0 Å². The number of aromatic nitrogens is 1. The summed E-state index contributed by atoms with van der Waals surface area (Å²) in [6, 6.07) is 16.0. The minimum atomic E-state index is -0.0243. The molecule has 4 nitrogen and oxygen atoms in total. The van der Waals surface area contributed by atoms with E-state index in [-0.39, 0.29) is 5.91 Å². The molecule has 0 bridgehead atoms. The number of para-hydroxylation sites is 2. The van der Waals surface area contributed by atoms with Crippen LogP contribution in [0.2, 0.25) is 0 Å². The first-order valence-electron chi connectivity index (χ1n) is 8.28. The summed E-state index contributed by atoms with van der Waals surface area (Å²) >= 11 is 0. The Labute approximate surface area is 140 Å². The van der Waals surface area contributed by atoms with Crippen molar-refractivity contribution < 1.29 is 9.53 Å². The zero-order chi connectivity index (χ0) is 16.5. The summed E-state index contributed by atoms with van der Waals surface area (Å²) in [6.07, 6.45) is 0.934. The second-order valence-corrected chi connectivity index (χ2v) is 6.37. The van der Waals surface area contributed by atoms with E-state index in [4.69, 9.17) is 4.74 Å². The Morgan fingerprint density at radius 2 is 2.00 bits per heavy atom. The Morgan fingerprint density at radius 3 is 2.92 bits per heavy atom. The van der Waals surface area contributed by atoms with Crippen LogP contribution in [0.1, 0.15) is 21.6 Å². The third-order valence-corrected chi connectivity index (χ3v) is 4.63. The Balaban J connectivity index is 1.46. The van der Waals surface area contributed by atoms with Gasteiger partial charge < -0.3 is 15.0 Å². The number of fused-ring (bicyclic) bond motifs is 2. The van der Waals surface area contributed by atoms with Crippen molar-refractivity contribution >= 4 is 16.8 Å². The average molecular weight is 320 g/mol. The average Bonchev–Trinajstić information content (AvgIpc) is 2.95. The lowest BCUT2D eigenvalue weighted by atomic mass is 9.96. The van der Waals surface area contributed by atoms with Gasteiger partial charge in [0, 0.05) is 29.1 Å². The van der Waals surface area contributed by atoms with Gasteiger partial charge in [-0.25, -0.2) is 0 Å². The molecular weight excluding hydrogens is 300 g/mol. The van der Waals surface area contributed by atoms with Crippen molar-refractivity contribution in [1.29, 1.82) is 0 Å². The Hall–Kier alpha value is -2.75. The highest BCUT2D eigenvalue weighted by molar-refractivity contribution is 6.08. The fourth-order valence-electron chi connectivity index (χ4n) is 3.42. The molecule has 0 spiro atoms. The number of ether oxygens (including phenoxy) is 1. The number of hydrogen-bond acceptors (Lipinski definition) is 2. The number of amides is 1. The molecule has 1 unspecified atom stereocenters. The summed E-state index contributed by atoms with van der Waals surface area (Å²) in [4.78, 5) is 15.9. The summed E-state index contributed by atoms with van der Waals surface area (Å²) in [5, 5.41) is 4.05. The van der Waals surface area contributed by atoms with Gasteiger partial charge in [0.15, 0.2) is 0 Å². The molecule has 4 heteroatoms. The molecule has 2 N–H and O–H groups in total. The number of carbonyl (C=O) groups excluding carboxylic acids is 1. The quantitative estimate of drug-likeness (QED) is 0.776. The van der Waals surface area contributed by atoms with Crippen molar-refractivity contribution in [2.75, 3.05) is 13.2 Å². The Kier molecular flexibility index (Phi) is 3.73. The molecule has 0 aliphatic carbocycles. The van der Waals surface area contributed by atoms with Gasteiger partial charge in [-0.2, -0.15) is 0 Å². The minimum absolute atomic E-state index is 0.0243. The standard InChI is InChI=1S/C20H20N2O2/c1-13-19(16-7-3-4-8-17(16)22-13)20(23)21-11-14-10-15-6-2-5-9-18(15)24-12-14/h2-9,14,22H,10-12H2,1H3,(H,21,23). The molecule has 2 heterocycles. The smallest absolute Gasteiger partial charge is 0.253 e. The van der Waals surface area contributed by atoms with Crippen molar-refractivity contribution in [3.8, 4) is 5.75 Å². The van der Waals surface area contributed by atoms with E-state index in [9.17, 15) is 4.79 Å². The first kappa shape index (κ1) is 14.8. The van der Waals surface area contributed by atoms with Crippen LogP contribution in [-0.2, 0) is 6.42 Å². The monoisotopic (exact) mass is 320 g/mol. The molecule has 24 heavy (non-hydrogen) atoms. The molecule has 1 aliphatic rings. The number of aromatic amines is 1. The maximum absolute atomic E-state index is 12.7. The molecule has 122 valence electrons. The van der Waals surface area contributed by atoms with E-state index in [1.165, 1.54) is 5.56 Å². The number of aryl methyl sites for hydroxylation is 1. The third-order valence-electron chi connectivity index (χ3n) is 4.63. The van der Waals surface area contributed by atoms with E-state index in [2.05, 4.69) is 16.4 Å². The van der Waals surface area contributed by atoms with Crippen molar-refractivity contribution in [1.82, 2.24) is 10.3 Å². The second kappa shape index (κ2) is 6.04. The highest BCUT2D eigenvalue weighted by Crippen LogP contribution is 2.27. The van der Waals surface area contributed by atoms with E-state index in [1.54, 1.807) is 0 Å². The lowest BCUT2D eigenvalue weighted by Crippen LogP contribution is -2.35. The normalized spacial score (nSPS) is 16.5. The zero-order valence-electron chi connectivity index (χ0n) is 13.6. The van der Waals surface area contributed by atoms with E-state index in [1.807, 2.05) is 49.4 Å². The van der Waals surface area contributed by atoms with Crippen LogP contribution in [0.3, 0.4) is 0 Å². The van der Waals surface area contributed by atoms with Gasteiger partial charge in [-0.15, -0.1) is 0 Å². The van der Waals surface area contributed by atoms with Crippen LogP contribution in [0.15, 0.2) is 48.5 Å². The van der Waals surface area contributed by atoms with Gasteiger partial charge in [-0.05, 0) is 31.0 Å². The third kappa shape index (κ3) is 2.64. The number of carbonyl (C=O) groups is 1. The van der Waals surface area contributed by atoms with Gasteiger partial charge in [0.1, 0.15) is 5.75 Å². The highest BCUT2D eigenvalue weighted by atomic mass is 16.5. The summed E-state index contributed by atoms with van der Waals surface area (Å²) in [7, 11) is 0. The van der Waals surface area contributed by atoms with Gasteiger partial charge in [0.2, 0.25) is 0 Å². The van der Waals surface area contributed by atoms with Gasteiger partial charge in [-0.3, -0.25) is 4.79 Å². The van der Waals surface area contributed by atoms with Crippen LogP contribution in [0.25, 0.3) is 10.9 Å². The van der Waals surface area contributed by atoms with Crippen molar-refractivity contribution in [2.24, 2.45) is 5.92 Å². The summed E-state index contributed by atoms with van der Waals surface area (Å²) in [6.45, 7) is 3.20. The molecule has 2 aromatic carbocycles. The SMILES string of the molecule is Cc1[nH]c2ccccc2c1C(=O)NCC1COc2ccccc2C1. The fraction of sp³-hybridized carbons (Fsp3) is 0.250. The molecule has 0 fully saturated rings. The molecule has 1 aromatic heterocycles. The van der Waals surface area contributed by atoms with Crippen LogP contribution in [-0.4, -0.2) is 24.0 Å². The van der Waals surface area contributed by atoms with E-state index in [0.29, 0.717) is 19.1 Å². The van der Waals surface area contributed by atoms with Crippen LogP contribution in [0.5, 0.6) is 5.75 Å². The summed E-state index contributed by atoms with van der Waals surface area (Å²) < 4.78 is 5.80. The summed E-state index contributed by atoms with van der Waals surface area (Å²) in [5.74, 6) is 1.24. The minimum Gasteiger partial charge on any atom is -0.493 e. The van der Waals surface area contributed by atoms with Gasteiger partial charge in [0.05, 0.1) is 12.2 Å². The topological polar surface area (TPSA) is 54.1 Å². The number of H-pyrrole nitrogens is 1. The number of hydrogen-bond donors (Lipinski definition) is 2. The molecule has 3 aromatic rings. The molecule has 1 aliphatic heterocycles. The maximum atomic E-state index is 12.7. The molecular formula is C20H20N2O2. The number of benzene rings is 2. The van der Waals surface area contributed by atoms with Crippen LogP contribution >= 0.6 is 0 Å². The largest absolute Gasteiger partial charge is 0.493 e. The Bertz CT molecular complexity index is 898. The second-order valence-electron chi connectivity index (χ2n) is 6.37. The predicted molar refractivity (Wildman–Crippen MR) is 94.5 cm³/mol. The molecule has 1 amide bonds. The summed E-state index contributed by atoms with van der Waals surface area (Å²) in [5.41, 5.74) is 3.85. The van der Waals surface area contributed by atoms with E-state index >= 15 is 0 Å². The van der Waals surface area contributed by atoms with Crippen LogP contribution < -0.4 is 10.1 Å². The van der Waals surface area contributed by atoms with Gasteiger partial charge in [0.25, 0.3) is 5.91 Å². The molecule has 0 saturated heterocycles. The number of nitrogens with one attached hydrogen (secondary N) is 2. The first-order valence-corrected chi connectivity index (χ1v) is 8.28. The van der Waals surface area contributed by atoms with E-state index in [0.717, 1.165) is 34.3 Å². The Morgan fingerprint density at radius 1 is 1.21 bits per heavy atom.